The summed E-state index contributed by atoms with van der Waals surface area (Å²) in [4.78, 5) is 27.3. The average Bonchev–Trinajstić information content (AvgIpc) is 2.63. The smallest absolute Gasteiger partial charge is 0.345 e. The van der Waals surface area contributed by atoms with Crippen molar-refractivity contribution >= 4 is 34.2 Å². The van der Waals surface area contributed by atoms with Crippen molar-refractivity contribution in [1.82, 2.24) is 4.98 Å². The van der Waals surface area contributed by atoms with Gasteiger partial charge in [-0.2, -0.15) is 0 Å². The van der Waals surface area contributed by atoms with Crippen LogP contribution in [0.25, 0.3) is 10.9 Å². The van der Waals surface area contributed by atoms with Crippen molar-refractivity contribution in [3.63, 3.8) is 0 Å². The number of H-pyrrole nitrogens is 1. The molecule has 0 unspecified atom stereocenters. The molecule has 25 heavy (non-hydrogen) atoms. The maximum absolute atomic E-state index is 12.5. The first-order chi connectivity index (χ1) is 12.0. The zero-order valence-corrected chi connectivity index (χ0v) is 14.6. The quantitative estimate of drug-likeness (QED) is 0.689. The van der Waals surface area contributed by atoms with Crippen LogP contribution in [0.15, 0.2) is 53.3 Å². The van der Waals surface area contributed by atoms with E-state index in [0.717, 1.165) is 5.56 Å². The van der Waals surface area contributed by atoms with Gasteiger partial charge in [0, 0.05) is 11.4 Å². The molecule has 1 atom stereocenters. The Balaban J connectivity index is 2.21. The number of benzene rings is 2. The minimum atomic E-state index is -0.703. The lowest BCUT2D eigenvalue weighted by Crippen LogP contribution is -2.23. The number of anilines is 1. The van der Waals surface area contributed by atoms with E-state index in [1.807, 2.05) is 37.3 Å². The molecule has 0 radical (unpaired) electrons. The fraction of sp³-hybridized carbons (Fsp3) is 0.158. The van der Waals surface area contributed by atoms with Crippen molar-refractivity contribution in [2.45, 2.75) is 13.0 Å². The van der Waals surface area contributed by atoms with E-state index in [1.165, 1.54) is 7.11 Å². The van der Waals surface area contributed by atoms with E-state index in [0.29, 0.717) is 21.6 Å². The van der Waals surface area contributed by atoms with Gasteiger partial charge < -0.3 is 15.0 Å². The largest absolute Gasteiger partial charge is 0.465 e. The Morgan fingerprint density at radius 1 is 1.16 bits per heavy atom. The number of fused-ring (bicyclic) bond motifs is 1. The van der Waals surface area contributed by atoms with Crippen molar-refractivity contribution in [2.24, 2.45) is 0 Å². The van der Waals surface area contributed by atoms with Crippen molar-refractivity contribution in [1.29, 1.82) is 0 Å². The highest BCUT2D eigenvalue weighted by molar-refractivity contribution is 6.35. The first-order valence-corrected chi connectivity index (χ1v) is 8.15. The molecule has 0 fully saturated rings. The highest BCUT2D eigenvalue weighted by Crippen LogP contribution is 2.31. The van der Waals surface area contributed by atoms with E-state index in [4.69, 9.17) is 16.3 Å². The van der Waals surface area contributed by atoms with Crippen LogP contribution >= 0.6 is 11.6 Å². The number of pyridine rings is 1. The number of rotatable bonds is 4. The molecule has 0 saturated carbocycles. The molecule has 0 aliphatic heterocycles. The van der Waals surface area contributed by atoms with Crippen LogP contribution in [0.3, 0.4) is 0 Å². The molecule has 0 aliphatic carbocycles. The normalized spacial score (nSPS) is 12.0. The number of hydrogen-bond acceptors (Lipinski definition) is 4. The molecule has 128 valence electrons. The van der Waals surface area contributed by atoms with E-state index in [2.05, 4.69) is 10.3 Å². The summed E-state index contributed by atoms with van der Waals surface area (Å²) < 4.78 is 4.79. The molecule has 1 heterocycles. The second-order valence-corrected chi connectivity index (χ2v) is 6.04. The molecular formula is C19H17ClN2O3. The highest BCUT2D eigenvalue weighted by Gasteiger charge is 2.22. The van der Waals surface area contributed by atoms with Crippen LogP contribution in [0, 0.1) is 0 Å². The summed E-state index contributed by atoms with van der Waals surface area (Å²) in [6, 6.07) is 14.8. The van der Waals surface area contributed by atoms with Crippen LogP contribution in [-0.2, 0) is 4.74 Å². The lowest BCUT2D eigenvalue weighted by atomic mass is 10.0. The van der Waals surface area contributed by atoms with Crippen molar-refractivity contribution < 1.29 is 9.53 Å². The van der Waals surface area contributed by atoms with Gasteiger partial charge in [-0.05, 0) is 18.6 Å². The molecule has 0 spiro atoms. The molecule has 1 aromatic heterocycles. The number of halogens is 1. The topological polar surface area (TPSA) is 71.2 Å². The molecule has 0 saturated heterocycles. The van der Waals surface area contributed by atoms with Crippen LogP contribution in [0.4, 0.5) is 5.69 Å². The first-order valence-electron chi connectivity index (χ1n) is 7.77. The van der Waals surface area contributed by atoms with Gasteiger partial charge in [0.15, 0.2) is 0 Å². The fourth-order valence-corrected chi connectivity index (χ4v) is 2.99. The van der Waals surface area contributed by atoms with Gasteiger partial charge in [-0.25, -0.2) is 4.79 Å². The predicted octanol–water partition coefficient (Wildman–Crippen LogP) is 4.14. The van der Waals surface area contributed by atoms with Gasteiger partial charge in [0.05, 0.1) is 23.3 Å². The number of ether oxygens (including phenoxy) is 1. The van der Waals surface area contributed by atoms with Gasteiger partial charge in [0.2, 0.25) is 0 Å². The van der Waals surface area contributed by atoms with Gasteiger partial charge in [-0.3, -0.25) is 4.79 Å². The Kier molecular flexibility index (Phi) is 4.76. The number of aromatic nitrogens is 1. The molecule has 0 bridgehead atoms. The third-order valence-corrected chi connectivity index (χ3v) is 4.36. The Hall–Kier alpha value is -2.79. The first kappa shape index (κ1) is 17.0. The number of aromatic amines is 1. The molecule has 5 nitrogen and oxygen atoms in total. The van der Waals surface area contributed by atoms with E-state index < -0.39 is 11.5 Å². The summed E-state index contributed by atoms with van der Waals surface area (Å²) in [5.41, 5.74) is 1.29. The minimum Gasteiger partial charge on any atom is -0.465 e. The van der Waals surface area contributed by atoms with Crippen molar-refractivity contribution in [3.8, 4) is 0 Å². The van der Waals surface area contributed by atoms with Gasteiger partial charge in [0.1, 0.15) is 5.56 Å². The number of hydrogen-bond donors (Lipinski definition) is 2. The van der Waals surface area contributed by atoms with E-state index in [9.17, 15) is 9.59 Å². The Morgan fingerprint density at radius 2 is 1.88 bits per heavy atom. The number of carbonyl (C=O) groups is 1. The molecule has 3 rings (SSSR count). The fourth-order valence-electron chi connectivity index (χ4n) is 2.77. The summed E-state index contributed by atoms with van der Waals surface area (Å²) in [6.07, 6.45) is 0. The SMILES string of the molecule is COC(=O)c1c(N[C@H](C)c2ccccc2)c2cccc(Cl)c2[nH]c1=O. The average molecular weight is 357 g/mol. The lowest BCUT2D eigenvalue weighted by molar-refractivity contribution is 0.0600. The molecule has 0 aliphatic rings. The van der Waals surface area contributed by atoms with E-state index in [1.54, 1.807) is 18.2 Å². The van der Waals surface area contributed by atoms with Gasteiger partial charge in [-0.1, -0.05) is 54.1 Å². The highest BCUT2D eigenvalue weighted by atomic mass is 35.5. The third kappa shape index (κ3) is 3.23. The lowest BCUT2D eigenvalue weighted by Gasteiger charge is -2.19. The van der Waals surface area contributed by atoms with Crippen LogP contribution in [0.1, 0.15) is 28.9 Å². The van der Waals surface area contributed by atoms with Crippen LogP contribution < -0.4 is 10.9 Å². The zero-order chi connectivity index (χ0) is 18.0. The number of para-hydroxylation sites is 1. The Labute approximate surface area is 149 Å². The predicted molar refractivity (Wildman–Crippen MR) is 99.4 cm³/mol. The second kappa shape index (κ2) is 6.99. The Bertz CT molecular complexity index is 983. The van der Waals surface area contributed by atoms with Crippen molar-refractivity contribution in [2.75, 3.05) is 12.4 Å². The molecule has 6 heteroatoms. The zero-order valence-electron chi connectivity index (χ0n) is 13.8. The summed E-state index contributed by atoms with van der Waals surface area (Å²) >= 11 is 6.21. The van der Waals surface area contributed by atoms with E-state index in [-0.39, 0.29) is 11.6 Å². The second-order valence-electron chi connectivity index (χ2n) is 5.63. The summed E-state index contributed by atoms with van der Waals surface area (Å²) in [5, 5.41) is 4.33. The molecule has 2 N–H and O–H groups in total. The molecular weight excluding hydrogens is 340 g/mol. The Morgan fingerprint density at radius 3 is 2.56 bits per heavy atom. The summed E-state index contributed by atoms with van der Waals surface area (Å²) in [6.45, 7) is 1.95. The summed E-state index contributed by atoms with van der Waals surface area (Å²) in [5.74, 6) is -0.703. The standard InChI is InChI=1S/C19H17ClN2O3/c1-11(12-7-4-3-5-8-12)21-17-13-9-6-10-14(20)16(13)22-18(23)15(17)19(24)25-2/h3-11H,1-2H3,(H2,21,22,23)/t11-/m1/s1. The summed E-state index contributed by atoms with van der Waals surface area (Å²) in [7, 11) is 1.24. The number of nitrogens with one attached hydrogen (secondary N) is 2. The third-order valence-electron chi connectivity index (χ3n) is 4.05. The van der Waals surface area contributed by atoms with Crippen LogP contribution in [0.2, 0.25) is 5.02 Å². The van der Waals surface area contributed by atoms with Gasteiger partial charge in [-0.15, -0.1) is 0 Å². The van der Waals surface area contributed by atoms with Gasteiger partial charge in [0.25, 0.3) is 5.56 Å². The van der Waals surface area contributed by atoms with Crippen LogP contribution in [0.5, 0.6) is 0 Å². The van der Waals surface area contributed by atoms with Gasteiger partial charge >= 0.3 is 5.97 Å². The van der Waals surface area contributed by atoms with E-state index >= 15 is 0 Å². The van der Waals surface area contributed by atoms with Crippen LogP contribution in [-0.4, -0.2) is 18.1 Å². The monoisotopic (exact) mass is 356 g/mol. The molecule has 2 aromatic carbocycles. The molecule has 0 amide bonds. The number of esters is 1. The maximum atomic E-state index is 12.5. The maximum Gasteiger partial charge on any atom is 0.345 e. The number of carbonyl (C=O) groups excluding carboxylic acids is 1. The minimum absolute atomic E-state index is 0.0694. The molecule has 3 aromatic rings. The number of methoxy groups -OCH3 is 1. The van der Waals surface area contributed by atoms with Crippen molar-refractivity contribution in [3.05, 3.63) is 75.0 Å².